The van der Waals surface area contributed by atoms with Crippen LogP contribution in [0, 0.1) is 0 Å². The largest absolute Gasteiger partial charge is 0.408 e. The lowest BCUT2D eigenvalue weighted by Crippen LogP contribution is -2.34. The third kappa shape index (κ3) is 5.07. The molecule has 0 saturated heterocycles. The molecular formula is C9H11BrF3N5O2. The summed E-state index contributed by atoms with van der Waals surface area (Å²) in [4.78, 5) is 22.0. The van der Waals surface area contributed by atoms with Crippen molar-refractivity contribution in [3.05, 3.63) is 21.0 Å². The van der Waals surface area contributed by atoms with Crippen LogP contribution in [-0.2, 0) is 6.54 Å². The molecule has 112 valence electrons. The van der Waals surface area contributed by atoms with E-state index in [1.54, 1.807) is 0 Å². The summed E-state index contributed by atoms with van der Waals surface area (Å²) < 4.78 is 36.8. The maximum absolute atomic E-state index is 12.2. The number of amides is 2. The molecule has 4 N–H and O–H groups in total. The van der Waals surface area contributed by atoms with Gasteiger partial charge in [0, 0.05) is 13.1 Å². The van der Waals surface area contributed by atoms with Crippen molar-refractivity contribution in [2.75, 3.05) is 18.4 Å². The summed E-state index contributed by atoms with van der Waals surface area (Å²) in [6.45, 7) is -1.05. The molecule has 0 aliphatic heterocycles. The molecule has 1 rings (SSSR count). The zero-order valence-corrected chi connectivity index (χ0v) is 11.6. The Balaban J connectivity index is 2.74. The van der Waals surface area contributed by atoms with Gasteiger partial charge in [0.05, 0.1) is 11.9 Å². The Morgan fingerprint density at radius 3 is 2.65 bits per heavy atom. The molecule has 0 atom stereocenters. The molecule has 0 aliphatic carbocycles. The van der Waals surface area contributed by atoms with E-state index in [9.17, 15) is 22.8 Å². The van der Waals surface area contributed by atoms with Crippen LogP contribution in [0.25, 0.3) is 0 Å². The van der Waals surface area contributed by atoms with E-state index in [2.05, 4.69) is 31.7 Å². The molecule has 0 saturated carbocycles. The molecule has 0 spiro atoms. The van der Waals surface area contributed by atoms with Gasteiger partial charge in [0.2, 0.25) is 0 Å². The Morgan fingerprint density at radius 2 is 2.10 bits per heavy atom. The van der Waals surface area contributed by atoms with Crippen molar-refractivity contribution in [2.45, 2.75) is 12.7 Å². The zero-order valence-electron chi connectivity index (χ0n) is 10.00. The molecule has 7 nitrogen and oxygen atoms in total. The number of nitrogens with one attached hydrogen (secondary N) is 2. The van der Waals surface area contributed by atoms with E-state index in [0.717, 1.165) is 6.20 Å². The van der Waals surface area contributed by atoms with Crippen LogP contribution in [0.5, 0.6) is 0 Å². The summed E-state index contributed by atoms with van der Waals surface area (Å²) in [5.74, 6) is 0. The van der Waals surface area contributed by atoms with Crippen molar-refractivity contribution in [3.63, 3.8) is 0 Å². The molecule has 1 aromatic rings. The average molecular weight is 358 g/mol. The number of anilines is 1. The van der Waals surface area contributed by atoms with Crippen molar-refractivity contribution in [1.29, 1.82) is 0 Å². The molecule has 0 aromatic carbocycles. The highest BCUT2D eigenvalue weighted by Gasteiger charge is 2.29. The Kier molecular flexibility index (Phi) is 5.36. The third-order valence-corrected chi connectivity index (χ3v) is 2.82. The monoisotopic (exact) mass is 357 g/mol. The number of urea groups is 1. The predicted molar refractivity (Wildman–Crippen MR) is 68.3 cm³/mol. The van der Waals surface area contributed by atoms with Crippen LogP contribution in [0.3, 0.4) is 0 Å². The van der Waals surface area contributed by atoms with E-state index in [1.165, 1.54) is 0 Å². The summed E-state index contributed by atoms with van der Waals surface area (Å²) in [7, 11) is 0. The highest BCUT2D eigenvalue weighted by atomic mass is 79.9. The van der Waals surface area contributed by atoms with Crippen molar-refractivity contribution >= 4 is 27.6 Å². The second kappa shape index (κ2) is 6.59. The number of aromatic nitrogens is 2. The van der Waals surface area contributed by atoms with Crippen LogP contribution in [0.2, 0.25) is 0 Å². The number of hydrogen-bond acceptors (Lipinski definition) is 4. The topological polar surface area (TPSA) is 102 Å². The van der Waals surface area contributed by atoms with E-state index in [-0.39, 0.29) is 23.2 Å². The van der Waals surface area contributed by atoms with E-state index in [1.807, 2.05) is 0 Å². The van der Waals surface area contributed by atoms with Crippen molar-refractivity contribution in [2.24, 2.45) is 5.73 Å². The standard InChI is InChI=1S/C9H11BrF3N5O2/c10-6-5(15-1-2-16-8(14)20)3-17-18(7(6)19)4-9(11,12)13/h3,15H,1-2,4H2,(H3,14,16,20). The van der Waals surface area contributed by atoms with Gasteiger partial charge in [-0.3, -0.25) is 4.79 Å². The normalized spacial score (nSPS) is 11.2. The second-order valence-corrected chi connectivity index (χ2v) is 4.46. The molecule has 0 radical (unpaired) electrons. The number of nitrogens with two attached hydrogens (primary N) is 1. The molecule has 0 fully saturated rings. The number of carbonyl (C=O) groups excluding carboxylic acids is 1. The minimum atomic E-state index is -4.53. The van der Waals surface area contributed by atoms with Gasteiger partial charge in [0.1, 0.15) is 11.0 Å². The van der Waals surface area contributed by atoms with Crippen molar-refractivity contribution in [1.82, 2.24) is 15.1 Å². The van der Waals surface area contributed by atoms with Gasteiger partial charge in [-0.05, 0) is 15.9 Å². The fraction of sp³-hybridized carbons (Fsp3) is 0.444. The number of halogens is 4. The fourth-order valence-corrected chi connectivity index (χ4v) is 1.70. The van der Waals surface area contributed by atoms with Gasteiger partial charge < -0.3 is 16.4 Å². The number of nitrogens with zero attached hydrogens (tertiary/aromatic N) is 2. The first-order valence-electron chi connectivity index (χ1n) is 5.30. The lowest BCUT2D eigenvalue weighted by atomic mass is 10.4. The van der Waals surface area contributed by atoms with Crippen molar-refractivity contribution in [3.8, 4) is 0 Å². The molecule has 1 aromatic heterocycles. The number of primary amides is 1. The Labute approximate surface area is 119 Å². The zero-order chi connectivity index (χ0) is 15.3. The lowest BCUT2D eigenvalue weighted by molar-refractivity contribution is -0.143. The molecule has 11 heteroatoms. The van der Waals surface area contributed by atoms with Crippen LogP contribution in [0.15, 0.2) is 15.5 Å². The number of rotatable bonds is 5. The van der Waals surface area contributed by atoms with Gasteiger partial charge in [-0.25, -0.2) is 9.48 Å². The first-order valence-corrected chi connectivity index (χ1v) is 6.09. The summed E-state index contributed by atoms with van der Waals surface area (Å²) in [6.07, 6.45) is -3.45. The predicted octanol–water partition coefficient (Wildman–Crippen LogP) is 0.648. The Bertz CT molecular complexity index is 545. The summed E-state index contributed by atoms with van der Waals surface area (Å²) in [5, 5.41) is 8.44. The number of alkyl halides is 3. The molecule has 20 heavy (non-hydrogen) atoms. The summed E-state index contributed by atoms with van der Waals surface area (Å²) >= 11 is 2.90. The summed E-state index contributed by atoms with van der Waals surface area (Å²) in [6, 6.07) is -0.704. The van der Waals surface area contributed by atoms with Crippen LogP contribution in [0.4, 0.5) is 23.7 Å². The minimum absolute atomic E-state index is 0.0733. The molecule has 2 amide bonds. The maximum Gasteiger partial charge on any atom is 0.408 e. The maximum atomic E-state index is 12.2. The third-order valence-electron chi connectivity index (χ3n) is 2.05. The molecule has 0 bridgehead atoms. The fourth-order valence-electron chi connectivity index (χ4n) is 1.25. The Morgan fingerprint density at radius 1 is 1.45 bits per heavy atom. The molecule has 1 heterocycles. The Hall–Kier alpha value is -1.78. The second-order valence-electron chi connectivity index (χ2n) is 3.67. The molecular weight excluding hydrogens is 347 g/mol. The smallest absolute Gasteiger partial charge is 0.381 e. The van der Waals surface area contributed by atoms with E-state index >= 15 is 0 Å². The van der Waals surface area contributed by atoms with Crippen LogP contribution >= 0.6 is 15.9 Å². The van der Waals surface area contributed by atoms with E-state index in [4.69, 9.17) is 5.73 Å². The van der Waals surface area contributed by atoms with Gasteiger partial charge in [0.15, 0.2) is 0 Å². The van der Waals surface area contributed by atoms with Gasteiger partial charge in [-0.1, -0.05) is 0 Å². The van der Waals surface area contributed by atoms with Crippen molar-refractivity contribution < 1.29 is 18.0 Å². The quantitative estimate of drug-likeness (QED) is 0.673. The van der Waals surface area contributed by atoms with Gasteiger partial charge in [0.25, 0.3) is 5.56 Å². The summed E-state index contributed by atoms with van der Waals surface area (Å²) in [5.41, 5.74) is 4.16. The van der Waals surface area contributed by atoms with E-state index in [0.29, 0.717) is 4.68 Å². The first-order chi connectivity index (χ1) is 9.20. The molecule has 0 aliphatic rings. The van der Waals surface area contributed by atoms with Crippen LogP contribution in [0.1, 0.15) is 0 Å². The average Bonchev–Trinajstić information content (AvgIpc) is 2.31. The van der Waals surface area contributed by atoms with Gasteiger partial charge in [-0.2, -0.15) is 18.3 Å². The van der Waals surface area contributed by atoms with Crippen LogP contribution in [-0.4, -0.2) is 35.1 Å². The minimum Gasteiger partial charge on any atom is -0.381 e. The molecule has 0 unspecified atom stereocenters. The lowest BCUT2D eigenvalue weighted by Gasteiger charge is -2.11. The highest BCUT2D eigenvalue weighted by molar-refractivity contribution is 9.10. The number of carbonyl (C=O) groups is 1. The number of hydrogen-bond donors (Lipinski definition) is 3. The van der Waals surface area contributed by atoms with E-state index < -0.39 is 24.3 Å². The van der Waals surface area contributed by atoms with Gasteiger partial charge in [-0.15, -0.1) is 0 Å². The first kappa shape index (κ1) is 16.3. The highest BCUT2D eigenvalue weighted by Crippen LogP contribution is 2.19. The SMILES string of the molecule is NC(=O)NCCNc1cnn(CC(F)(F)F)c(=O)c1Br. The van der Waals surface area contributed by atoms with Gasteiger partial charge >= 0.3 is 12.2 Å². The van der Waals surface area contributed by atoms with Crippen LogP contribution < -0.4 is 21.9 Å².